The molecule has 7 nitrogen and oxygen atoms in total. The topological polar surface area (TPSA) is 86.1 Å². The second-order valence-corrected chi connectivity index (χ2v) is 7.46. The molecule has 1 amide bonds. The monoisotopic (exact) mass is 404 g/mol. The van der Waals surface area contributed by atoms with E-state index in [0.717, 1.165) is 30.5 Å². The van der Waals surface area contributed by atoms with Crippen LogP contribution in [0, 0.1) is 6.92 Å². The Bertz CT molecular complexity index is 1060. The molecule has 0 fully saturated rings. The molecule has 30 heavy (non-hydrogen) atoms. The maximum atomic E-state index is 12.7. The first-order valence-electron chi connectivity index (χ1n) is 10.1. The van der Waals surface area contributed by atoms with Crippen molar-refractivity contribution in [2.75, 3.05) is 0 Å². The molecule has 2 atom stereocenters. The van der Waals surface area contributed by atoms with E-state index in [4.69, 9.17) is 4.74 Å². The number of hydrogen-bond donors (Lipinski definition) is 1. The van der Waals surface area contributed by atoms with Crippen LogP contribution in [0.3, 0.4) is 0 Å². The Hall–Kier alpha value is -3.48. The molecule has 0 bridgehead atoms. The Labute approximate surface area is 175 Å². The summed E-state index contributed by atoms with van der Waals surface area (Å²) < 4.78 is 5.39. The summed E-state index contributed by atoms with van der Waals surface area (Å²) in [6, 6.07) is 17.4. The number of para-hydroxylation sites is 1. The maximum absolute atomic E-state index is 12.7. The molecular formula is C23H24N4O3. The number of aryl methyl sites for hydroxylation is 2. The van der Waals surface area contributed by atoms with E-state index in [1.165, 1.54) is 10.4 Å². The molecular weight excluding hydrogens is 380 g/mol. The van der Waals surface area contributed by atoms with Gasteiger partial charge in [0.2, 0.25) is 0 Å². The van der Waals surface area contributed by atoms with Gasteiger partial charge in [-0.2, -0.15) is 9.90 Å². The number of esters is 1. The van der Waals surface area contributed by atoms with Crippen LogP contribution in [0.2, 0.25) is 0 Å². The first-order chi connectivity index (χ1) is 14.5. The number of rotatable bonds is 5. The minimum Gasteiger partial charge on any atom is -0.448 e. The average molecular weight is 404 g/mol. The summed E-state index contributed by atoms with van der Waals surface area (Å²) in [6.45, 7) is 3.26. The summed E-state index contributed by atoms with van der Waals surface area (Å²) >= 11 is 0. The van der Waals surface area contributed by atoms with Crippen LogP contribution in [-0.4, -0.2) is 33.0 Å². The molecule has 2 aromatic carbocycles. The number of nitrogens with one attached hydrogen (secondary N) is 1. The van der Waals surface area contributed by atoms with Crippen molar-refractivity contribution in [3.63, 3.8) is 0 Å². The number of fused-ring (bicyclic) bond motifs is 1. The number of hydrogen-bond acceptors (Lipinski definition) is 5. The molecule has 0 saturated carbocycles. The minimum absolute atomic E-state index is 0.0655. The average Bonchev–Trinajstić information content (AvgIpc) is 3.16. The smallest absolute Gasteiger partial charge is 0.361 e. The van der Waals surface area contributed by atoms with Gasteiger partial charge in [-0.15, -0.1) is 5.10 Å². The minimum atomic E-state index is -0.937. The third-order valence-electron chi connectivity index (χ3n) is 5.30. The normalized spacial score (nSPS) is 16.4. The van der Waals surface area contributed by atoms with Crippen molar-refractivity contribution >= 4 is 11.9 Å². The molecule has 0 unspecified atom stereocenters. The zero-order valence-corrected chi connectivity index (χ0v) is 17.0. The molecule has 0 spiro atoms. The predicted molar refractivity (Wildman–Crippen MR) is 111 cm³/mol. The van der Waals surface area contributed by atoms with E-state index in [0.29, 0.717) is 5.69 Å². The second kappa shape index (κ2) is 8.49. The Balaban J connectivity index is 1.42. The number of carbonyl (C=O) groups excluding carboxylic acids is 2. The predicted octanol–water partition coefficient (Wildman–Crippen LogP) is 3.31. The van der Waals surface area contributed by atoms with Crippen LogP contribution in [0.1, 0.15) is 53.1 Å². The number of benzene rings is 2. The van der Waals surface area contributed by atoms with Crippen molar-refractivity contribution in [1.82, 2.24) is 20.3 Å². The van der Waals surface area contributed by atoms with Gasteiger partial charge >= 0.3 is 5.97 Å². The molecule has 1 aliphatic rings. The molecule has 0 saturated heterocycles. The van der Waals surface area contributed by atoms with Crippen LogP contribution < -0.4 is 5.32 Å². The molecule has 0 radical (unpaired) electrons. The van der Waals surface area contributed by atoms with Crippen LogP contribution >= 0.6 is 0 Å². The Morgan fingerprint density at radius 1 is 1.10 bits per heavy atom. The Morgan fingerprint density at radius 3 is 2.63 bits per heavy atom. The van der Waals surface area contributed by atoms with E-state index in [-0.39, 0.29) is 17.6 Å². The summed E-state index contributed by atoms with van der Waals surface area (Å²) in [6.07, 6.45) is 1.96. The summed E-state index contributed by atoms with van der Waals surface area (Å²) in [5.41, 5.74) is 3.67. The third-order valence-corrected chi connectivity index (χ3v) is 5.30. The van der Waals surface area contributed by atoms with Crippen LogP contribution in [0.25, 0.3) is 5.69 Å². The fraction of sp³-hybridized carbons (Fsp3) is 0.304. The van der Waals surface area contributed by atoms with Crippen molar-refractivity contribution in [2.45, 2.75) is 45.3 Å². The van der Waals surface area contributed by atoms with Gasteiger partial charge in [-0.25, -0.2) is 4.79 Å². The fourth-order valence-electron chi connectivity index (χ4n) is 3.71. The molecule has 1 aliphatic carbocycles. The largest absolute Gasteiger partial charge is 0.448 e. The van der Waals surface area contributed by atoms with Crippen molar-refractivity contribution in [3.8, 4) is 5.69 Å². The van der Waals surface area contributed by atoms with Crippen molar-refractivity contribution in [1.29, 1.82) is 0 Å². The van der Waals surface area contributed by atoms with Crippen molar-refractivity contribution < 1.29 is 14.3 Å². The molecule has 1 heterocycles. The number of carbonyl (C=O) groups is 2. The molecule has 1 N–H and O–H groups in total. The van der Waals surface area contributed by atoms with Crippen molar-refractivity contribution in [3.05, 3.63) is 77.1 Å². The fourth-order valence-corrected chi connectivity index (χ4v) is 3.71. The highest BCUT2D eigenvalue weighted by Crippen LogP contribution is 2.29. The quantitative estimate of drug-likeness (QED) is 0.660. The van der Waals surface area contributed by atoms with Crippen LogP contribution in [0.15, 0.2) is 54.6 Å². The lowest BCUT2D eigenvalue weighted by molar-refractivity contribution is -0.130. The van der Waals surface area contributed by atoms with Gasteiger partial charge in [-0.1, -0.05) is 42.5 Å². The molecule has 0 aliphatic heterocycles. The van der Waals surface area contributed by atoms with Gasteiger partial charge in [0.25, 0.3) is 5.91 Å². The second-order valence-electron chi connectivity index (χ2n) is 7.46. The van der Waals surface area contributed by atoms with Crippen LogP contribution in [0.4, 0.5) is 0 Å². The summed E-state index contributed by atoms with van der Waals surface area (Å²) in [4.78, 5) is 26.7. The maximum Gasteiger partial charge on any atom is 0.361 e. The van der Waals surface area contributed by atoms with Gasteiger partial charge in [0.1, 0.15) is 0 Å². The SMILES string of the molecule is Cc1nn(-c2ccccc2)nc1C(=O)O[C@@H](C)C(=O)N[C@@H]1CCCc2ccccc21. The number of amides is 1. The van der Waals surface area contributed by atoms with E-state index < -0.39 is 12.1 Å². The van der Waals surface area contributed by atoms with Gasteiger partial charge in [0.15, 0.2) is 11.8 Å². The number of aromatic nitrogens is 3. The lowest BCUT2D eigenvalue weighted by atomic mass is 9.87. The highest BCUT2D eigenvalue weighted by molar-refractivity contribution is 5.91. The highest BCUT2D eigenvalue weighted by atomic mass is 16.5. The Morgan fingerprint density at radius 2 is 1.83 bits per heavy atom. The van der Waals surface area contributed by atoms with Gasteiger partial charge < -0.3 is 10.1 Å². The van der Waals surface area contributed by atoms with Crippen LogP contribution in [-0.2, 0) is 16.0 Å². The summed E-state index contributed by atoms with van der Waals surface area (Å²) in [7, 11) is 0. The first-order valence-corrected chi connectivity index (χ1v) is 10.1. The van der Waals surface area contributed by atoms with Gasteiger partial charge in [-0.05, 0) is 56.4 Å². The van der Waals surface area contributed by atoms with E-state index in [9.17, 15) is 9.59 Å². The van der Waals surface area contributed by atoms with Gasteiger partial charge in [0, 0.05) is 0 Å². The van der Waals surface area contributed by atoms with E-state index in [1.807, 2.05) is 48.5 Å². The van der Waals surface area contributed by atoms with E-state index in [2.05, 4.69) is 21.6 Å². The van der Waals surface area contributed by atoms with Gasteiger partial charge in [-0.3, -0.25) is 4.79 Å². The zero-order chi connectivity index (χ0) is 21.1. The zero-order valence-electron chi connectivity index (χ0n) is 17.0. The lowest BCUT2D eigenvalue weighted by Gasteiger charge is -2.27. The molecule has 154 valence electrons. The number of ether oxygens (including phenoxy) is 1. The van der Waals surface area contributed by atoms with Gasteiger partial charge in [0.05, 0.1) is 17.4 Å². The highest BCUT2D eigenvalue weighted by Gasteiger charge is 2.27. The van der Waals surface area contributed by atoms with Crippen molar-refractivity contribution in [2.24, 2.45) is 0 Å². The van der Waals surface area contributed by atoms with E-state index >= 15 is 0 Å². The first kappa shape index (κ1) is 19.8. The molecule has 3 aromatic rings. The molecule has 4 rings (SSSR count). The third kappa shape index (κ3) is 4.10. The summed E-state index contributed by atoms with van der Waals surface area (Å²) in [5.74, 6) is -0.987. The Kier molecular flexibility index (Phi) is 5.61. The summed E-state index contributed by atoms with van der Waals surface area (Å²) in [5, 5.41) is 11.5. The number of nitrogens with zero attached hydrogens (tertiary/aromatic N) is 3. The standard InChI is InChI=1S/C23H24N4O3/c1-15-21(26-27(25-15)18-11-4-3-5-12-18)23(29)30-16(2)22(28)24-20-14-8-10-17-9-6-7-13-19(17)20/h3-7,9,11-13,16,20H,8,10,14H2,1-2H3,(H,24,28)/t16-,20+/m0/s1. The molecule has 1 aromatic heterocycles. The molecule has 7 heteroatoms. The van der Waals surface area contributed by atoms with Crippen LogP contribution in [0.5, 0.6) is 0 Å². The lowest BCUT2D eigenvalue weighted by Crippen LogP contribution is -2.39. The van der Waals surface area contributed by atoms with E-state index in [1.54, 1.807) is 13.8 Å².